The quantitative estimate of drug-likeness (QED) is 0.835. The predicted molar refractivity (Wildman–Crippen MR) is 104 cm³/mol. The van der Waals surface area contributed by atoms with Gasteiger partial charge in [0, 0.05) is 31.3 Å². The Kier molecular flexibility index (Phi) is 5.53. The molecule has 3 rings (SSSR count). The number of carbonyl (C=O) groups is 2. The number of amides is 1. The van der Waals surface area contributed by atoms with E-state index in [1.165, 1.54) is 18.1 Å². The Hall–Kier alpha value is -2.37. The van der Waals surface area contributed by atoms with Crippen molar-refractivity contribution in [1.82, 2.24) is 15.1 Å². The lowest BCUT2D eigenvalue weighted by atomic mass is 9.88. The molecule has 1 aliphatic heterocycles. The van der Waals surface area contributed by atoms with Gasteiger partial charge in [-0.3, -0.25) is 14.7 Å². The van der Waals surface area contributed by atoms with Crippen molar-refractivity contribution >= 4 is 22.8 Å². The molecule has 27 heavy (non-hydrogen) atoms. The highest BCUT2D eigenvalue weighted by molar-refractivity contribution is 5.85. The molecule has 146 valence electrons. The summed E-state index contributed by atoms with van der Waals surface area (Å²) < 4.78 is 5.10. The van der Waals surface area contributed by atoms with Gasteiger partial charge in [0.05, 0.1) is 18.3 Å². The Labute approximate surface area is 160 Å². The number of fused-ring (bicyclic) bond motifs is 3. The molecule has 0 aliphatic carbocycles. The topological polar surface area (TPSA) is 75.3 Å². The molecule has 6 heteroatoms. The molecule has 1 aromatic carbocycles. The van der Waals surface area contributed by atoms with Gasteiger partial charge >= 0.3 is 5.97 Å². The summed E-state index contributed by atoms with van der Waals surface area (Å²) in [5.74, 6) is -0.268. The zero-order chi connectivity index (χ0) is 19.6. The Morgan fingerprint density at radius 2 is 2.15 bits per heavy atom. The number of esters is 1. The van der Waals surface area contributed by atoms with Gasteiger partial charge in [-0.2, -0.15) is 5.10 Å². The lowest BCUT2D eigenvalue weighted by Gasteiger charge is -2.35. The first kappa shape index (κ1) is 19.4. The molecule has 1 aliphatic rings. The number of aromatic amines is 1. The van der Waals surface area contributed by atoms with Crippen LogP contribution in [0.3, 0.4) is 0 Å². The van der Waals surface area contributed by atoms with E-state index in [1.54, 1.807) is 0 Å². The predicted octanol–water partition coefficient (Wildman–Crippen LogP) is 3.45. The molecule has 0 radical (unpaired) electrons. The number of aryl methyl sites for hydroxylation is 1. The Balaban J connectivity index is 1.91. The van der Waals surface area contributed by atoms with Crippen molar-refractivity contribution in [2.24, 2.45) is 11.3 Å². The Morgan fingerprint density at radius 1 is 1.37 bits per heavy atom. The van der Waals surface area contributed by atoms with Gasteiger partial charge in [0.15, 0.2) is 0 Å². The highest BCUT2D eigenvalue weighted by Gasteiger charge is 2.31. The zero-order valence-corrected chi connectivity index (χ0v) is 16.7. The number of hydrogen-bond acceptors (Lipinski definition) is 4. The van der Waals surface area contributed by atoms with Crippen molar-refractivity contribution in [2.75, 3.05) is 13.2 Å². The monoisotopic (exact) mass is 371 g/mol. The molecule has 1 atom stereocenters. The average Bonchev–Trinajstić information content (AvgIpc) is 3.04. The van der Waals surface area contributed by atoms with E-state index in [4.69, 9.17) is 4.74 Å². The molecule has 6 nitrogen and oxygen atoms in total. The molecule has 0 bridgehead atoms. The van der Waals surface area contributed by atoms with Gasteiger partial charge < -0.3 is 9.64 Å². The summed E-state index contributed by atoms with van der Waals surface area (Å²) in [6, 6.07) is 4.20. The number of carbonyl (C=O) groups excluding carboxylic acids is 2. The maximum atomic E-state index is 13.3. The highest BCUT2D eigenvalue weighted by Crippen LogP contribution is 2.30. The van der Waals surface area contributed by atoms with Crippen LogP contribution in [-0.4, -0.2) is 40.1 Å². The number of nitrogens with one attached hydrogen (secondary N) is 1. The fraction of sp³-hybridized carbons (Fsp3) is 0.571. The second-order valence-corrected chi connectivity index (χ2v) is 8.65. The molecular formula is C21H29N3O3. The molecule has 0 saturated heterocycles. The summed E-state index contributed by atoms with van der Waals surface area (Å²) in [5, 5.41) is 8.30. The number of hydrogen-bond donors (Lipinski definition) is 1. The van der Waals surface area contributed by atoms with Crippen LogP contribution in [0.5, 0.6) is 0 Å². The van der Waals surface area contributed by atoms with Crippen molar-refractivity contribution in [1.29, 1.82) is 0 Å². The van der Waals surface area contributed by atoms with Gasteiger partial charge in [0.2, 0.25) is 5.91 Å². The maximum Gasteiger partial charge on any atom is 0.302 e. The van der Waals surface area contributed by atoms with Gasteiger partial charge in [0.25, 0.3) is 0 Å². The van der Waals surface area contributed by atoms with Crippen LogP contribution in [0.2, 0.25) is 0 Å². The van der Waals surface area contributed by atoms with Crippen LogP contribution < -0.4 is 0 Å². The maximum absolute atomic E-state index is 13.3. The van der Waals surface area contributed by atoms with Crippen LogP contribution in [0.25, 0.3) is 10.9 Å². The molecule has 1 N–H and O–H groups in total. The second-order valence-electron chi connectivity index (χ2n) is 8.65. The summed E-state index contributed by atoms with van der Waals surface area (Å²) in [4.78, 5) is 26.4. The fourth-order valence-electron chi connectivity index (χ4n) is 3.84. The Bertz CT molecular complexity index is 835. The molecule has 2 heterocycles. The summed E-state index contributed by atoms with van der Waals surface area (Å²) in [7, 11) is 0. The SMILES string of the molecule is CC(=O)OCC[C@@H]1CCc2ccc3[nH]ncc3c2CN(CC(C)(C)C)C1=O. The van der Waals surface area contributed by atoms with E-state index in [1.807, 2.05) is 11.1 Å². The summed E-state index contributed by atoms with van der Waals surface area (Å²) in [6.07, 6.45) is 4.03. The van der Waals surface area contributed by atoms with Gasteiger partial charge in [-0.05, 0) is 41.9 Å². The van der Waals surface area contributed by atoms with Crippen molar-refractivity contribution in [3.05, 3.63) is 29.5 Å². The first-order chi connectivity index (χ1) is 12.7. The third kappa shape index (κ3) is 4.67. The first-order valence-electron chi connectivity index (χ1n) is 9.60. The van der Waals surface area contributed by atoms with Gasteiger partial charge in [-0.15, -0.1) is 0 Å². The molecule has 1 amide bonds. The number of aromatic nitrogens is 2. The number of benzene rings is 1. The lowest BCUT2D eigenvalue weighted by Crippen LogP contribution is -2.42. The van der Waals surface area contributed by atoms with Crippen LogP contribution >= 0.6 is 0 Å². The minimum Gasteiger partial charge on any atom is -0.466 e. The van der Waals surface area contributed by atoms with E-state index < -0.39 is 0 Å². The number of H-pyrrole nitrogens is 1. The summed E-state index contributed by atoms with van der Waals surface area (Å²) >= 11 is 0. The van der Waals surface area contributed by atoms with Crippen molar-refractivity contribution in [2.45, 2.75) is 53.5 Å². The van der Waals surface area contributed by atoms with Gasteiger partial charge in [0.1, 0.15) is 0 Å². The van der Waals surface area contributed by atoms with E-state index in [-0.39, 0.29) is 23.2 Å². The third-order valence-electron chi connectivity index (χ3n) is 5.04. The van der Waals surface area contributed by atoms with Crippen LogP contribution in [0.1, 0.15) is 51.7 Å². The molecule has 0 fully saturated rings. The lowest BCUT2D eigenvalue weighted by molar-refractivity contribution is -0.144. The van der Waals surface area contributed by atoms with Gasteiger partial charge in [-0.25, -0.2) is 0 Å². The fourth-order valence-corrected chi connectivity index (χ4v) is 3.84. The summed E-state index contributed by atoms with van der Waals surface area (Å²) in [5.41, 5.74) is 3.47. The molecule has 1 aromatic heterocycles. The Morgan fingerprint density at radius 3 is 2.85 bits per heavy atom. The molecular weight excluding hydrogens is 342 g/mol. The minimum atomic E-state index is -0.299. The van der Waals surface area contributed by atoms with Crippen molar-refractivity contribution < 1.29 is 14.3 Å². The van der Waals surface area contributed by atoms with E-state index in [9.17, 15) is 9.59 Å². The third-order valence-corrected chi connectivity index (χ3v) is 5.04. The molecule has 2 aromatic rings. The summed E-state index contributed by atoms with van der Waals surface area (Å²) in [6.45, 7) is 9.40. The average molecular weight is 371 g/mol. The van der Waals surface area contributed by atoms with Gasteiger partial charge in [-0.1, -0.05) is 26.8 Å². The normalized spacial score (nSPS) is 18.1. The highest BCUT2D eigenvalue weighted by atomic mass is 16.5. The number of nitrogens with zero attached hydrogens (tertiary/aromatic N) is 2. The minimum absolute atomic E-state index is 0.000251. The van der Waals surface area contributed by atoms with E-state index in [0.29, 0.717) is 26.1 Å². The zero-order valence-electron chi connectivity index (χ0n) is 16.7. The largest absolute Gasteiger partial charge is 0.466 e. The smallest absolute Gasteiger partial charge is 0.302 e. The van der Waals surface area contributed by atoms with E-state index in [0.717, 1.165) is 23.7 Å². The van der Waals surface area contributed by atoms with Crippen LogP contribution in [0.15, 0.2) is 18.3 Å². The standard InChI is InChI=1S/C21H29N3O3/c1-14(25)27-10-9-16-6-5-15-7-8-19-17(11-22-23-19)18(15)12-24(20(16)26)13-21(2,3)4/h7-8,11,16H,5-6,9-10,12-13H2,1-4H3,(H,22,23)/t16-/m0/s1. The second kappa shape index (κ2) is 7.71. The van der Waals surface area contributed by atoms with Crippen LogP contribution in [0.4, 0.5) is 0 Å². The molecule has 0 unspecified atom stereocenters. The first-order valence-corrected chi connectivity index (χ1v) is 9.60. The molecule has 0 saturated carbocycles. The van der Waals surface area contributed by atoms with Crippen LogP contribution in [0, 0.1) is 11.3 Å². The van der Waals surface area contributed by atoms with E-state index >= 15 is 0 Å². The van der Waals surface area contributed by atoms with Crippen LogP contribution in [-0.2, 0) is 27.3 Å². The van der Waals surface area contributed by atoms with Crippen molar-refractivity contribution in [3.63, 3.8) is 0 Å². The number of ether oxygens (including phenoxy) is 1. The van der Waals surface area contributed by atoms with E-state index in [2.05, 4.69) is 43.1 Å². The number of rotatable bonds is 4. The van der Waals surface area contributed by atoms with Crippen molar-refractivity contribution in [3.8, 4) is 0 Å². The molecule has 0 spiro atoms.